The minimum Gasteiger partial charge on any atom is -0.493 e. The summed E-state index contributed by atoms with van der Waals surface area (Å²) in [6.07, 6.45) is 1.67. The second-order valence-corrected chi connectivity index (χ2v) is 10.1. The van der Waals surface area contributed by atoms with Gasteiger partial charge < -0.3 is 19.3 Å². The maximum absolute atomic E-state index is 13.8. The number of benzene rings is 2. The molecule has 1 aliphatic rings. The average molecular weight is 601 g/mol. The van der Waals surface area contributed by atoms with Crippen molar-refractivity contribution in [1.29, 1.82) is 0 Å². The molecule has 0 fully saturated rings. The topological polar surface area (TPSA) is 116 Å². The number of thiazole rings is 1. The monoisotopic (exact) mass is 600 g/mol. The lowest BCUT2D eigenvalue weighted by Gasteiger charge is -2.26. The molecule has 1 aliphatic heterocycles. The molecular formula is C27H25BrN2O7S. The highest BCUT2D eigenvalue weighted by Gasteiger charge is 2.35. The van der Waals surface area contributed by atoms with Crippen molar-refractivity contribution >= 4 is 45.3 Å². The van der Waals surface area contributed by atoms with E-state index in [1.807, 2.05) is 6.92 Å². The molecule has 2 aromatic carbocycles. The van der Waals surface area contributed by atoms with Crippen LogP contribution in [-0.2, 0) is 9.53 Å². The third-order valence-corrected chi connectivity index (χ3v) is 7.52. The number of hydrogen-bond acceptors (Lipinski definition) is 8. The summed E-state index contributed by atoms with van der Waals surface area (Å²) in [7, 11) is 1.52. The summed E-state index contributed by atoms with van der Waals surface area (Å²) in [6.45, 7) is 5.87. The van der Waals surface area contributed by atoms with E-state index in [0.29, 0.717) is 48.7 Å². The van der Waals surface area contributed by atoms with Gasteiger partial charge in [-0.2, -0.15) is 0 Å². The Kier molecular flexibility index (Phi) is 8.17. The van der Waals surface area contributed by atoms with Crippen LogP contribution in [0.25, 0.3) is 6.08 Å². The Hall–Kier alpha value is -3.70. The molecule has 1 aromatic heterocycles. The first-order valence-corrected chi connectivity index (χ1v) is 13.3. The molecule has 3 aromatic rings. The molecule has 0 spiro atoms. The number of ether oxygens (including phenoxy) is 3. The molecule has 9 nitrogen and oxygen atoms in total. The fourth-order valence-electron chi connectivity index (χ4n) is 4.15. The van der Waals surface area contributed by atoms with E-state index < -0.39 is 18.0 Å². The highest BCUT2D eigenvalue weighted by Crippen LogP contribution is 2.41. The number of fused-ring (bicyclic) bond motifs is 1. The van der Waals surface area contributed by atoms with Crippen LogP contribution in [0.15, 0.2) is 61.9 Å². The highest BCUT2D eigenvalue weighted by atomic mass is 79.9. The lowest BCUT2D eigenvalue weighted by atomic mass is 9.95. The number of halogens is 1. The van der Waals surface area contributed by atoms with Crippen molar-refractivity contribution in [3.8, 4) is 11.5 Å². The van der Waals surface area contributed by atoms with Gasteiger partial charge in [0.1, 0.15) is 0 Å². The number of aromatic nitrogens is 1. The second kappa shape index (κ2) is 11.4. The number of carbonyl (C=O) groups is 2. The van der Waals surface area contributed by atoms with Crippen molar-refractivity contribution in [3.63, 3.8) is 0 Å². The molecule has 0 bridgehead atoms. The van der Waals surface area contributed by atoms with Crippen LogP contribution in [0.3, 0.4) is 0 Å². The van der Waals surface area contributed by atoms with Gasteiger partial charge in [-0.05, 0) is 62.2 Å². The molecule has 11 heteroatoms. The zero-order valence-electron chi connectivity index (χ0n) is 21.1. The molecule has 1 N–H and O–H groups in total. The minimum atomic E-state index is -1.03. The second-order valence-electron chi connectivity index (χ2n) is 8.19. The summed E-state index contributed by atoms with van der Waals surface area (Å²) >= 11 is 4.78. The number of carboxylic acid groups (broad SMARTS) is 1. The van der Waals surface area contributed by atoms with Crippen LogP contribution in [0, 0.1) is 0 Å². The number of esters is 1. The third kappa shape index (κ3) is 5.16. The maximum atomic E-state index is 13.8. The molecule has 0 unspecified atom stereocenters. The summed E-state index contributed by atoms with van der Waals surface area (Å²) in [5, 5.41) is 9.16. The Labute approximate surface area is 230 Å². The fourth-order valence-corrected chi connectivity index (χ4v) is 5.73. The van der Waals surface area contributed by atoms with Gasteiger partial charge in [0.25, 0.3) is 5.56 Å². The van der Waals surface area contributed by atoms with E-state index in [1.165, 1.54) is 35.1 Å². The normalized spacial score (nSPS) is 15.1. The van der Waals surface area contributed by atoms with Gasteiger partial charge in [-0.3, -0.25) is 9.36 Å². The number of methoxy groups -OCH3 is 1. The van der Waals surface area contributed by atoms with Crippen molar-refractivity contribution in [3.05, 3.63) is 88.5 Å². The first-order chi connectivity index (χ1) is 18.2. The summed E-state index contributed by atoms with van der Waals surface area (Å²) < 4.78 is 19.1. The van der Waals surface area contributed by atoms with E-state index in [0.717, 1.165) is 0 Å². The lowest BCUT2D eigenvalue weighted by molar-refractivity contribution is -0.139. The highest BCUT2D eigenvalue weighted by molar-refractivity contribution is 9.10. The summed E-state index contributed by atoms with van der Waals surface area (Å²) in [4.78, 5) is 43.1. The number of carboxylic acids is 1. The SMILES string of the molecule is CCOC(=O)C1=C(C)N=c2s/c(=C/c3ccc(C(=O)O)cc3)c(=O)n2[C@H]1c1cc(OC)c(OCC)cc1Br. The van der Waals surface area contributed by atoms with Crippen molar-refractivity contribution in [2.24, 2.45) is 4.99 Å². The molecule has 0 saturated heterocycles. The predicted octanol–water partition coefficient (Wildman–Crippen LogP) is 3.67. The van der Waals surface area contributed by atoms with Crippen molar-refractivity contribution in [1.82, 2.24) is 4.57 Å². The molecule has 0 radical (unpaired) electrons. The van der Waals surface area contributed by atoms with Gasteiger partial charge >= 0.3 is 11.9 Å². The Morgan fingerprint density at radius 3 is 2.47 bits per heavy atom. The van der Waals surface area contributed by atoms with Gasteiger partial charge in [0.2, 0.25) is 0 Å². The van der Waals surface area contributed by atoms with E-state index >= 15 is 0 Å². The zero-order chi connectivity index (χ0) is 27.6. The number of nitrogens with zero attached hydrogens (tertiary/aromatic N) is 2. The van der Waals surface area contributed by atoms with Gasteiger partial charge in [-0.15, -0.1) is 0 Å². The molecular weight excluding hydrogens is 576 g/mol. The summed E-state index contributed by atoms with van der Waals surface area (Å²) in [5.74, 6) is -0.643. The number of aromatic carboxylic acids is 1. The predicted molar refractivity (Wildman–Crippen MR) is 146 cm³/mol. The van der Waals surface area contributed by atoms with Crippen LogP contribution >= 0.6 is 27.3 Å². The first-order valence-electron chi connectivity index (χ1n) is 11.7. The summed E-state index contributed by atoms with van der Waals surface area (Å²) in [5.41, 5.74) is 1.72. The van der Waals surface area contributed by atoms with Gasteiger partial charge in [0, 0.05) is 4.47 Å². The molecule has 4 rings (SSSR count). The Balaban J connectivity index is 1.96. The molecule has 0 amide bonds. The van der Waals surface area contributed by atoms with Crippen LogP contribution < -0.4 is 24.4 Å². The quantitative estimate of drug-likeness (QED) is 0.392. The average Bonchev–Trinajstić information content (AvgIpc) is 3.18. The van der Waals surface area contributed by atoms with Crippen LogP contribution in [0.5, 0.6) is 11.5 Å². The van der Waals surface area contributed by atoms with E-state index in [-0.39, 0.29) is 23.3 Å². The number of carbonyl (C=O) groups excluding carboxylic acids is 1. The lowest BCUT2D eigenvalue weighted by Crippen LogP contribution is -2.40. The van der Waals surface area contributed by atoms with E-state index in [9.17, 15) is 14.4 Å². The molecule has 0 aliphatic carbocycles. The number of allylic oxidation sites excluding steroid dienone is 1. The zero-order valence-corrected chi connectivity index (χ0v) is 23.5. The van der Waals surface area contributed by atoms with Crippen molar-refractivity contribution in [2.45, 2.75) is 26.8 Å². The van der Waals surface area contributed by atoms with Gasteiger partial charge in [0.05, 0.1) is 47.7 Å². The molecule has 38 heavy (non-hydrogen) atoms. The van der Waals surface area contributed by atoms with Crippen LogP contribution in [0.2, 0.25) is 0 Å². The maximum Gasteiger partial charge on any atom is 0.338 e. The smallest absolute Gasteiger partial charge is 0.338 e. The molecule has 0 saturated carbocycles. The first kappa shape index (κ1) is 27.3. The van der Waals surface area contributed by atoms with Crippen molar-refractivity contribution < 1.29 is 28.9 Å². The molecule has 198 valence electrons. The third-order valence-electron chi connectivity index (χ3n) is 5.85. The Morgan fingerprint density at radius 1 is 1.16 bits per heavy atom. The standard InChI is InChI=1S/C27H25BrN2O7S/c1-5-36-20-13-18(28)17(12-19(20)35-4)23-22(26(34)37-6-2)14(3)29-27-30(23)24(31)21(38-27)11-15-7-9-16(10-8-15)25(32)33/h7-13,23H,5-6H2,1-4H3,(H,32,33)/b21-11+/t23-/m0/s1. The van der Waals surface area contributed by atoms with E-state index in [1.54, 1.807) is 44.2 Å². The van der Waals surface area contributed by atoms with Gasteiger partial charge in [-0.1, -0.05) is 39.4 Å². The molecule has 2 heterocycles. The molecule has 1 atom stereocenters. The van der Waals surface area contributed by atoms with Gasteiger partial charge in [-0.25, -0.2) is 14.6 Å². The number of hydrogen-bond donors (Lipinski definition) is 1. The van der Waals surface area contributed by atoms with E-state index in [4.69, 9.17) is 19.3 Å². The Bertz CT molecular complexity index is 1620. The van der Waals surface area contributed by atoms with Crippen LogP contribution in [0.1, 0.15) is 48.3 Å². The largest absolute Gasteiger partial charge is 0.493 e. The number of rotatable bonds is 8. The van der Waals surface area contributed by atoms with Crippen molar-refractivity contribution in [2.75, 3.05) is 20.3 Å². The fraction of sp³-hybridized carbons (Fsp3) is 0.259. The Morgan fingerprint density at radius 2 is 1.87 bits per heavy atom. The van der Waals surface area contributed by atoms with Crippen LogP contribution in [-0.4, -0.2) is 41.9 Å². The van der Waals surface area contributed by atoms with Gasteiger partial charge in [0.15, 0.2) is 16.3 Å². The minimum absolute atomic E-state index is 0.146. The summed E-state index contributed by atoms with van der Waals surface area (Å²) in [6, 6.07) is 8.83. The van der Waals surface area contributed by atoms with E-state index in [2.05, 4.69) is 20.9 Å². The van der Waals surface area contributed by atoms with Crippen LogP contribution in [0.4, 0.5) is 0 Å².